The number of anilines is 2. The molecule has 0 aliphatic carbocycles. The summed E-state index contributed by atoms with van der Waals surface area (Å²) in [5, 5.41) is 4.89. The van der Waals surface area contributed by atoms with Crippen molar-refractivity contribution in [2.75, 3.05) is 42.7 Å². The molecule has 8 heteroatoms. The van der Waals surface area contributed by atoms with E-state index in [1.54, 1.807) is 11.3 Å². The molecule has 1 saturated heterocycles. The minimum absolute atomic E-state index is 0.0403. The van der Waals surface area contributed by atoms with E-state index in [0.717, 1.165) is 16.3 Å². The van der Waals surface area contributed by atoms with E-state index in [4.69, 9.17) is 0 Å². The van der Waals surface area contributed by atoms with Crippen molar-refractivity contribution in [2.24, 2.45) is 0 Å². The molecule has 0 spiro atoms. The van der Waals surface area contributed by atoms with Crippen molar-refractivity contribution in [3.8, 4) is 0 Å². The molecule has 2 aromatic rings. The van der Waals surface area contributed by atoms with Gasteiger partial charge < -0.3 is 10.2 Å². The van der Waals surface area contributed by atoms with E-state index >= 15 is 0 Å². The molecule has 2 heterocycles. The highest BCUT2D eigenvalue weighted by molar-refractivity contribution is 7.88. The summed E-state index contributed by atoms with van der Waals surface area (Å²) in [4.78, 5) is 15.3. The molecule has 1 aliphatic heterocycles. The van der Waals surface area contributed by atoms with E-state index < -0.39 is 10.0 Å². The fraction of sp³-hybridized carbons (Fsp3) is 0.353. The van der Waals surface area contributed by atoms with E-state index in [9.17, 15) is 13.2 Å². The van der Waals surface area contributed by atoms with E-state index in [0.29, 0.717) is 32.6 Å². The molecule has 1 aromatic carbocycles. The summed E-state index contributed by atoms with van der Waals surface area (Å²) in [6, 6.07) is 11.6. The summed E-state index contributed by atoms with van der Waals surface area (Å²) in [5.74, 6) is -0.0403. The van der Waals surface area contributed by atoms with Crippen LogP contribution in [0.5, 0.6) is 0 Å². The fourth-order valence-electron chi connectivity index (χ4n) is 2.83. The zero-order valence-electron chi connectivity index (χ0n) is 14.0. The molecule has 0 radical (unpaired) electrons. The number of hydrogen-bond acceptors (Lipinski definition) is 5. The summed E-state index contributed by atoms with van der Waals surface area (Å²) < 4.78 is 24.7. The fourth-order valence-corrected chi connectivity index (χ4v) is 4.36. The van der Waals surface area contributed by atoms with Crippen LogP contribution in [0.1, 0.15) is 4.88 Å². The Hall–Kier alpha value is -1.90. The summed E-state index contributed by atoms with van der Waals surface area (Å²) in [6.45, 7) is 2.24. The van der Waals surface area contributed by atoms with E-state index in [2.05, 4.69) is 10.2 Å². The van der Waals surface area contributed by atoms with Crippen molar-refractivity contribution < 1.29 is 13.2 Å². The smallest absolute Gasteiger partial charge is 0.229 e. The third kappa shape index (κ3) is 4.81. The molecule has 25 heavy (non-hydrogen) atoms. The average molecular weight is 380 g/mol. The molecule has 134 valence electrons. The van der Waals surface area contributed by atoms with Crippen LogP contribution < -0.4 is 10.2 Å². The number of nitrogens with zero attached hydrogens (tertiary/aromatic N) is 2. The Morgan fingerprint density at radius 2 is 1.92 bits per heavy atom. The number of carbonyl (C=O) groups excluding carboxylic acids is 1. The predicted octanol–water partition coefficient (Wildman–Crippen LogP) is 2.01. The van der Waals surface area contributed by atoms with Gasteiger partial charge in [0, 0.05) is 42.4 Å². The zero-order chi connectivity index (χ0) is 17.9. The van der Waals surface area contributed by atoms with Crippen LogP contribution in [-0.2, 0) is 21.2 Å². The largest absolute Gasteiger partial charge is 0.369 e. The van der Waals surface area contributed by atoms with Crippen molar-refractivity contribution >= 4 is 38.6 Å². The molecule has 1 fully saturated rings. The van der Waals surface area contributed by atoms with Gasteiger partial charge in [0.25, 0.3) is 0 Å². The number of amides is 1. The Morgan fingerprint density at radius 1 is 1.16 bits per heavy atom. The highest BCUT2D eigenvalue weighted by Crippen LogP contribution is 2.22. The first-order valence-corrected chi connectivity index (χ1v) is 10.8. The Kier molecular flexibility index (Phi) is 5.41. The van der Waals surface area contributed by atoms with Crippen LogP contribution >= 0.6 is 11.3 Å². The molecular formula is C17H21N3O3S2. The second kappa shape index (κ2) is 7.55. The molecular weight excluding hydrogens is 358 g/mol. The van der Waals surface area contributed by atoms with Crippen molar-refractivity contribution in [2.45, 2.75) is 6.42 Å². The SMILES string of the molecule is CS(=O)(=O)N1CCN(c2cccc(NC(=O)Cc3cccs3)c2)CC1. The van der Waals surface area contributed by atoms with Gasteiger partial charge in [-0.25, -0.2) is 8.42 Å². The summed E-state index contributed by atoms with van der Waals surface area (Å²) >= 11 is 1.57. The third-order valence-corrected chi connectivity index (χ3v) is 6.30. The lowest BCUT2D eigenvalue weighted by atomic mass is 10.2. The van der Waals surface area contributed by atoms with Crippen LogP contribution in [0.3, 0.4) is 0 Å². The normalized spacial score (nSPS) is 16.0. The van der Waals surface area contributed by atoms with Gasteiger partial charge in [-0.05, 0) is 29.6 Å². The second-order valence-electron chi connectivity index (χ2n) is 6.00. The van der Waals surface area contributed by atoms with Crippen LogP contribution in [0.25, 0.3) is 0 Å². The number of carbonyl (C=O) groups is 1. The van der Waals surface area contributed by atoms with E-state index in [1.807, 2.05) is 41.8 Å². The lowest BCUT2D eigenvalue weighted by Gasteiger charge is -2.34. The summed E-state index contributed by atoms with van der Waals surface area (Å²) in [7, 11) is -3.13. The highest BCUT2D eigenvalue weighted by atomic mass is 32.2. The Morgan fingerprint density at radius 3 is 2.56 bits per heavy atom. The molecule has 3 rings (SSSR count). The number of nitrogens with one attached hydrogen (secondary N) is 1. The predicted molar refractivity (Wildman–Crippen MR) is 102 cm³/mol. The summed E-state index contributed by atoms with van der Waals surface area (Å²) in [5.41, 5.74) is 1.74. The van der Waals surface area contributed by atoms with Crippen LogP contribution in [-0.4, -0.2) is 51.1 Å². The molecule has 1 amide bonds. The van der Waals surface area contributed by atoms with Crippen molar-refractivity contribution in [1.29, 1.82) is 0 Å². The van der Waals surface area contributed by atoms with E-state index in [1.165, 1.54) is 10.6 Å². The van der Waals surface area contributed by atoms with Crippen LogP contribution in [0.2, 0.25) is 0 Å². The van der Waals surface area contributed by atoms with Gasteiger partial charge in [-0.2, -0.15) is 4.31 Å². The maximum absolute atomic E-state index is 12.1. The third-order valence-electron chi connectivity index (χ3n) is 4.12. The zero-order valence-corrected chi connectivity index (χ0v) is 15.6. The maximum Gasteiger partial charge on any atom is 0.229 e. The number of piperazine rings is 1. The Balaban J connectivity index is 1.61. The monoisotopic (exact) mass is 379 g/mol. The van der Waals surface area contributed by atoms with Crippen LogP contribution in [0, 0.1) is 0 Å². The van der Waals surface area contributed by atoms with Crippen molar-refractivity contribution in [3.05, 3.63) is 46.7 Å². The van der Waals surface area contributed by atoms with Crippen molar-refractivity contribution in [3.63, 3.8) is 0 Å². The van der Waals surface area contributed by atoms with Gasteiger partial charge in [0.05, 0.1) is 12.7 Å². The van der Waals surface area contributed by atoms with Gasteiger partial charge in [-0.3, -0.25) is 4.79 Å². The van der Waals surface area contributed by atoms with Gasteiger partial charge >= 0.3 is 0 Å². The highest BCUT2D eigenvalue weighted by Gasteiger charge is 2.23. The van der Waals surface area contributed by atoms with Crippen LogP contribution in [0.15, 0.2) is 41.8 Å². The molecule has 0 unspecified atom stereocenters. The summed E-state index contributed by atoms with van der Waals surface area (Å²) in [6.07, 6.45) is 1.61. The Bertz CT molecular complexity index is 827. The first kappa shape index (κ1) is 17.9. The first-order valence-electron chi connectivity index (χ1n) is 8.04. The lowest BCUT2D eigenvalue weighted by molar-refractivity contribution is -0.115. The van der Waals surface area contributed by atoms with Gasteiger partial charge in [0.1, 0.15) is 0 Å². The standard InChI is InChI=1S/C17H21N3O3S2/c1-25(22,23)20-9-7-19(8-10-20)15-5-2-4-14(12-15)18-17(21)13-16-6-3-11-24-16/h2-6,11-12H,7-10,13H2,1H3,(H,18,21). The lowest BCUT2D eigenvalue weighted by Crippen LogP contribution is -2.48. The number of thiophene rings is 1. The molecule has 0 atom stereocenters. The molecule has 6 nitrogen and oxygen atoms in total. The second-order valence-corrected chi connectivity index (χ2v) is 9.02. The number of hydrogen-bond donors (Lipinski definition) is 1. The van der Waals surface area contributed by atoms with Gasteiger partial charge in [-0.15, -0.1) is 11.3 Å². The van der Waals surface area contributed by atoms with Gasteiger partial charge in [0.15, 0.2) is 0 Å². The van der Waals surface area contributed by atoms with Gasteiger partial charge in [-0.1, -0.05) is 12.1 Å². The first-order chi connectivity index (χ1) is 11.9. The average Bonchev–Trinajstić information content (AvgIpc) is 3.07. The molecule has 1 N–H and O–H groups in total. The maximum atomic E-state index is 12.1. The minimum atomic E-state index is -3.13. The minimum Gasteiger partial charge on any atom is -0.369 e. The number of sulfonamides is 1. The Labute approximate surface area is 152 Å². The molecule has 1 aromatic heterocycles. The number of benzene rings is 1. The number of rotatable bonds is 5. The molecule has 0 bridgehead atoms. The van der Waals surface area contributed by atoms with Gasteiger partial charge in [0.2, 0.25) is 15.9 Å². The van der Waals surface area contributed by atoms with Crippen LogP contribution in [0.4, 0.5) is 11.4 Å². The van der Waals surface area contributed by atoms with Crippen molar-refractivity contribution in [1.82, 2.24) is 4.31 Å². The topological polar surface area (TPSA) is 69.7 Å². The molecule has 1 aliphatic rings. The quantitative estimate of drug-likeness (QED) is 0.863. The van der Waals surface area contributed by atoms with E-state index in [-0.39, 0.29) is 5.91 Å². The molecule has 0 saturated carbocycles.